The van der Waals surface area contributed by atoms with Gasteiger partial charge in [0.05, 0.1) is 17.3 Å². The molecule has 6 nitrogen and oxygen atoms in total. The van der Waals surface area contributed by atoms with Gasteiger partial charge in [0, 0.05) is 31.3 Å². The van der Waals surface area contributed by atoms with Crippen LogP contribution in [0.5, 0.6) is 0 Å². The number of rotatable bonds is 5. The van der Waals surface area contributed by atoms with E-state index in [-0.39, 0.29) is 22.2 Å². The van der Waals surface area contributed by atoms with Crippen molar-refractivity contribution in [2.75, 3.05) is 12.4 Å². The minimum Gasteiger partial charge on any atom is -0.313 e. The number of pyridine rings is 1. The average Bonchev–Trinajstić information content (AvgIpc) is 2.74. The predicted octanol–water partition coefficient (Wildman–Crippen LogP) is 4.70. The molecule has 0 radical (unpaired) electrons. The standard InChI is InChI=1S/C21H20ClF2N5O/c1-4-18(25-3)27-21-26-11-17(24)20(28-21)14-7-8-29(19(30)10-14)12(2)13-5-6-15(22)16(23)9-13/h5-12H,4H2,1-3H3,(H,25,26,27,28). The summed E-state index contributed by atoms with van der Waals surface area (Å²) >= 11 is 5.73. The summed E-state index contributed by atoms with van der Waals surface area (Å²) in [6.45, 7) is 3.67. The summed E-state index contributed by atoms with van der Waals surface area (Å²) in [6.07, 6.45) is 3.19. The number of halogens is 3. The first-order chi connectivity index (χ1) is 14.3. The van der Waals surface area contributed by atoms with Crippen LogP contribution in [0.4, 0.5) is 14.7 Å². The fraction of sp³-hybridized carbons (Fsp3) is 0.238. The van der Waals surface area contributed by atoms with Gasteiger partial charge in [0.1, 0.15) is 17.3 Å². The van der Waals surface area contributed by atoms with Crippen LogP contribution in [-0.2, 0) is 0 Å². The SMILES string of the molecule is CCC(=NC)Nc1ncc(F)c(-c2ccn(C(C)c3ccc(Cl)c(F)c3)c(=O)c2)n1. The number of benzene rings is 1. The number of nitrogens with one attached hydrogen (secondary N) is 1. The van der Waals surface area contributed by atoms with Crippen molar-refractivity contribution in [3.8, 4) is 11.3 Å². The highest BCUT2D eigenvalue weighted by Gasteiger charge is 2.15. The van der Waals surface area contributed by atoms with E-state index in [2.05, 4.69) is 20.3 Å². The summed E-state index contributed by atoms with van der Waals surface area (Å²) in [5.74, 6) is -0.386. The van der Waals surface area contributed by atoms with Gasteiger partial charge in [0.2, 0.25) is 5.95 Å². The second-order valence-corrected chi connectivity index (χ2v) is 6.96. The first-order valence-electron chi connectivity index (χ1n) is 9.26. The van der Waals surface area contributed by atoms with Crippen molar-refractivity contribution < 1.29 is 8.78 Å². The molecule has 0 saturated heterocycles. The smallest absolute Gasteiger partial charge is 0.251 e. The van der Waals surface area contributed by atoms with E-state index < -0.39 is 17.7 Å². The Hall–Kier alpha value is -3.13. The van der Waals surface area contributed by atoms with E-state index in [1.807, 2.05) is 6.92 Å². The van der Waals surface area contributed by atoms with Gasteiger partial charge in [-0.2, -0.15) is 0 Å². The second-order valence-electron chi connectivity index (χ2n) is 6.55. The van der Waals surface area contributed by atoms with Gasteiger partial charge < -0.3 is 9.88 Å². The Morgan fingerprint density at radius 1 is 1.27 bits per heavy atom. The molecule has 1 N–H and O–H groups in total. The molecular weight excluding hydrogens is 412 g/mol. The predicted molar refractivity (Wildman–Crippen MR) is 114 cm³/mol. The molecule has 2 aromatic heterocycles. The molecule has 3 rings (SSSR count). The quantitative estimate of drug-likeness (QED) is 0.469. The summed E-state index contributed by atoms with van der Waals surface area (Å²) in [7, 11) is 1.63. The lowest BCUT2D eigenvalue weighted by molar-refractivity contribution is 0.593. The van der Waals surface area contributed by atoms with E-state index in [0.29, 0.717) is 23.4 Å². The zero-order chi connectivity index (χ0) is 21.8. The fourth-order valence-electron chi connectivity index (χ4n) is 2.95. The van der Waals surface area contributed by atoms with Crippen LogP contribution >= 0.6 is 11.6 Å². The number of aliphatic imine (C=N–C) groups is 1. The molecule has 30 heavy (non-hydrogen) atoms. The molecule has 9 heteroatoms. The van der Waals surface area contributed by atoms with E-state index in [0.717, 1.165) is 6.20 Å². The summed E-state index contributed by atoms with van der Waals surface area (Å²) < 4.78 is 29.5. The minimum atomic E-state index is -0.656. The highest BCUT2D eigenvalue weighted by molar-refractivity contribution is 6.30. The van der Waals surface area contributed by atoms with E-state index in [4.69, 9.17) is 11.6 Å². The van der Waals surface area contributed by atoms with E-state index in [1.165, 1.54) is 29.0 Å². The molecule has 0 aliphatic rings. The normalized spacial score (nSPS) is 12.7. The van der Waals surface area contributed by atoms with Crippen molar-refractivity contribution in [1.29, 1.82) is 0 Å². The summed E-state index contributed by atoms with van der Waals surface area (Å²) in [5.41, 5.74) is 0.498. The number of aromatic nitrogens is 3. The number of hydrogen-bond acceptors (Lipinski definition) is 4. The van der Waals surface area contributed by atoms with Gasteiger partial charge in [-0.25, -0.2) is 18.7 Å². The van der Waals surface area contributed by atoms with Gasteiger partial charge in [-0.3, -0.25) is 9.79 Å². The highest BCUT2D eigenvalue weighted by atomic mass is 35.5. The molecule has 0 fully saturated rings. The molecule has 156 valence electrons. The van der Waals surface area contributed by atoms with Crippen molar-refractivity contribution in [3.63, 3.8) is 0 Å². The van der Waals surface area contributed by atoms with E-state index in [1.54, 1.807) is 26.1 Å². The highest BCUT2D eigenvalue weighted by Crippen LogP contribution is 2.24. The number of hydrogen-bond donors (Lipinski definition) is 1. The lowest BCUT2D eigenvalue weighted by atomic mass is 10.1. The number of nitrogens with zero attached hydrogens (tertiary/aromatic N) is 4. The number of amidine groups is 1. The molecule has 0 spiro atoms. The molecule has 1 atom stereocenters. The molecule has 0 aliphatic heterocycles. The van der Waals surface area contributed by atoms with Crippen LogP contribution in [0.25, 0.3) is 11.3 Å². The van der Waals surface area contributed by atoms with Crippen molar-refractivity contribution in [2.45, 2.75) is 26.3 Å². The van der Waals surface area contributed by atoms with Crippen LogP contribution < -0.4 is 10.9 Å². The maximum atomic E-state index is 14.3. The van der Waals surface area contributed by atoms with Gasteiger partial charge in [0.15, 0.2) is 5.82 Å². The third kappa shape index (κ3) is 4.54. The molecule has 0 saturated carbocycles. The largest absolute Gasteiger partial charge is 0.313 e. The Bertz CT molecular complexity index is 1160. The molecule has 1 aromatic carbocycles. The molecule has 0 bridgehead atoms. The lowest BCUT2D eigenvalue weighted by Gasteiger charge is -2.16. The Morgan fingerprint density at radius 3 is 2.67 bits per heavy atom. The molecule has 3 aromatic rings. The van der Waals surface area contributed by atoms with Crippen LogP contribution in [0.15, 0.2) is 52.5 Å². The van der Waals surface area contributed by atoms with Gasteiger partial charge in [-0.05, 0) is 30.7 Å². The molecular formula is C21H20ClF2N5O. The summed E-state index contributed by atoms with van der Waals surface area (Å²) in [5, 5.41) is 2.93. The Morgan fingerprint density at radius 2 is 2.03 bits per heavy atom. The Balaban J connectivity index is 1.95. The summed E-state index contributed by atoms with van der Waals surface area (Å²) in [6, 6.07) is 6.80. The van der Waals surface area contributed by atoms with Gasteiger partial charge in [-0.15, -0.1) is 0 Å². The minimum absolute atomic E-state index is 0.00602. The monoisotopic (exact) mass is 431 g/mol. The Kier molecular flexibility index (Phi) is 6.56. The third-order valence-corrected chi connectivity index (χ3v) is 4.98. The molecule has 0 aliphatic carbocycles. The molecule has 2 heterocycles. The van der Waals surface area contributed by atoms with Crippen LogP contribution in [0, 0.1) is 11.6 Å². The van der Waals surface area contributed by atoms with Crippen LogP contribution in [-0.4, -0.2) is 27.4 Å². The third-order valence-electron chi connectivity index (χ3n) is 4.67. The van der Waals surface area contributed by atoms with E-state index in [9.17, 15) is 13.6 Å². The van der Waals surface area contributed by atoms with Crippen molar-refractivity contribution in [1.82, 2.24) is 14.5 Å². The first-order valence-corrected chi connectivity index (χ1v) is 9.64. The van der Waals surface area contributed by atoms with E-state index >= 15 is 0 Å². The topological polar surface area (TPSA) is 72.2 Å². The zero-order valence-corrected chi connectivity index (χ0v) is 17.4. The average molecular weight is 432 g/mol. The van der Waals surface area contributed by atoms with Crippen LogP contribution in [0.3, 0.4) is 0 Å². The zero-order valence-electron chi connectivity index (χ0n) is 16.7. The van der Waals surface area contributed by atoms with Crippen molar-refractivity contribution in [3.05, 3.63) is 75.3 Å². The molecule has 0 amide bonds. The Labute approximate surface area is 177 Å². The van der Waals surface area contributed by atoms with Crippen molar-refractivity contribution in [2.24, 2.45) is 4.99 Å². The van der Waals surface area contributed by atoms with Crippen LogP contribution in [0.1, 0.15) is 31.9 Å². The van der Waals surface area contributed by atoms with Crippen LogP contribution in [0.2, 0.25) is 5.02 Å². The maximum absolute atomic E-state index is 14.3. The summed E-state index contributed by atoms with van der Waals surface area (Å²) in [4.78, 5) is 24.8. The number of anilines is 1. The lowest BCUT2D eigenvalue weighted by Crippen LogP contribution is -2.23. The second kappa shape index (κ2) is 9.13. The first kappa shape index (κ1) is 21.6. The molecule has 1 unspecified atom stereocenters. The van der Waals surface area contributed by atoms with Gasteiger partial charge in [-0.1, -0.05) is 24.6 Å². The van der Waals surface area contributed by atoms with Gasteiger partial charge >= 0.3 is 0 Å². The fourth-order valence-corrected chi connectivity index (χ4v) is 3.07. The van der Waals surface area contributed by atoms with Gasteiger partial charge in [0.25, 0.3) is 5.56 Å². The van der Waals surface area contributed by atoms with Crippen molar-refractivity contribution >= 4 is 23.4 Å². The maximum Gasteiger partial charge on any atom is 0.251 e.